The number of esters is 1. The smallest absolute Gasteiger partial charge is 0.325 e. The maximum Gasteiger partial charge on any atom is 0.325 e. The molecule has 0 aromatic rings. The van der Waals surface area contributed by atoms with Crippen LogP contribution in [0.1, 0.15) is 12.8 Å². The molecule has 0 aromatic heterocycles. The van der Waals surface area contributed by atoms with Crippen LogP contribution in [-0.2, 0) is 14.3 Å². The van der Waals surface area contributed by atoms with Crippen LogP contribution in [-0.4, -0.2) is 37.5 Å². The number of hydrogen-bond donors (Lipinski definition) is 0. The van der Waals surface area contributed by atoms with E-state index >= 15 is 0 Å². The van der Waals surface area contributed by atoms with Gasteiger partial charge < -0.3 is 9.64 Å². The zero-order valence-electron chi connectivity index (χ0n) is 8.24. The molecule has 5 heteroatoms. The number of amides is 1. The Balaban J connectivity index is 2.54. The van der Waals surface area contributed by atoms with Gasteiger partial charge in [-0.25, -0.2) is 0 Å². The first kappa shape index (κ1) is 10.5. The number of methoxy groups -OCH3 is 1. The Hall–Kier alpha value is -1.57. The monoisotopic (exact) mass is 196 g/mol. The van der Waals surface area contributed by atoms with Gasteiger partial charge in [0.1, 0.15) is 12.0 Å². The minimum atomic E-state index is -0.858. The van der Waals surface area contributed by atoms with E-state index in [0.29, 0.717) is 12.8 Å². The first-order valence-electron chi connectivity index (χ1n) is 4.29. The number of carbonyl (C=O) groups is 2. The van der Waals surface area contributed by atoms with Crippen molar-refractivity contribution in [1.29, 1.82) is 5.26 Å². The first-order valence-corrected chi connectivity index (χ1v) is 4.29. The van der Waals surface area contributed by atoms with Crippen molar-refractivity contribution in [2.24, 2.45) is 5.41 Å². The Bertz CT molecular complexity index is 302. The summed E-state index contributed by atoms with van der Waals surface area (Å²) in [5.41, 5.74) is -0.858. The van der Waals surface area contributed by atoms with E-state index in [2.05, 4.69) is 4.74 Å². The van der Waals surface area contributed by atoms with Crippen LogP contribution in [0.3, 0.4) is 0 Å². The van der Waals surface area contributed by atoms with Crippen molar-refractivity contribution in [3.63, 3.8) is 0 Å². The highest BCUT2D eigenvalue weighted by molar-refractivity contribution is 5.90. The lowest BCUT2D eigenvalue weighted by Crippen LogP contribution is -2.37. The van der Waals surface area contributed by atoms with Crippen LogP contribution in [0.4, 0.5) is 0 Å². The average Bonchev–Trinajstić information content (AvgIpc) is 2.97. The second kappa shape index (κ2) is 3.66. The second-order valence-electron chi connectivity index (χ2n) is 3.43. The molecule has 0 bridgehead atoms. The molecule has 0 radical (unpaired) electrons. The molecule has 1 saturated carbocycles. The SMILES string of the molecule is COC(=O)CN(C)C(=O)C1(C#N)CC1. The summed E-state index contributed by atoms with van der Waals surface area (Å²) >= 11 is 0. The third kappa shape index (κ3) is 1.84. The minimum absolute atomic E-state index is 0.0984. The Morgan fingerprint density at radius 2 is 2.14 bits per heavy atom. The molecule has 76 valence electrons. The number of hydrogen-bond acceptors (Lipinski definition) is 4. The van der Waals surface area contributed by atoms with Crippen LogP contribution in [0.2, 0.25) is 0 Å². The van der Waals surface area contributed by atoms with E-state index in [4.69, 9.17) is 5.26 Å². The van der Waals surface area contributed by atoms with E-state index in [0.717, 1.165) is 0 Å². The van der Waals surface area contributed by atoms with Crippen molar-refractivity contribution in [1.82, 2.24) is 4.90 Å². The Morgan fingerprint density at radius 1 is 1.57 bits per heavy atom. The highest BCUT2D eigenvalue weighted by Crippen LogP contribution is 2.46. The zero-order valence-corrected chi connectivity index (χ0v) is 8.24. The molecular formula is C9H12N2O3. The molecule has 1 rings (SSSR count). The van der Waals surface area contributed by atoms with E-state index in [9.17, 15) is 9.59 Å². The molecule has 0 aliphatic heterocycles. The molecule has 0 atom stereocenters. The maximum absolute atomic E-state index is 11.6. The quantitative estimate of drug-likeness (QED) is 0.592. The highest BCUT2D eigenvalue weighted by atomic mass is 16.5. The average molecular weight is 196 g/mol. The van der Waals surface area contributed by atoms with Gasteiger partial charge in [-0.15, -0.1) is 0 Å². The fourth-order valence-corrected chi connectivity index (χ4v) is 1.19. The lowest BCUT2D eigenvalue weighted by Gasteiger charge is -2.17. The molecule has 0 saturated heterocycles. The summed E-state index contributed by atoms with van der Waals surface area (Å²) in [5.74, 6) is -0.764. The van der Waals surface area contributed by atoms with Gasteiger partial charge in [-0.1, -0.05) is 0 Å². The van der Waals surface area contributed by atoms with Gasteiger partial charge in [0.15, 0.2) is 0 Å². The van der Waals surface area contributed by atoms with Crippen LogP contribution in [0.25, 0.3) is 0 Å². The molecule has 0 spiro atoms. The van der Waals surface area contributed by atoms with Crippen LogP contribution in [0, 0.1) is 16.7 Å². The van der Waals surface area contributed by atoms with Gasteiger partial charge in [-0.3, -0.25) is 9.59 Å². The van der Waals surface area contributed by atoms with Crippen molar-refractivity contribution < 1.29 is 14.3 Å². The first-order chi connectivity index (χ1) is 6.55. The van der Waals surface area contributed by atoms with Gasteiger partial charge >= 0.3 is 5.97 Å². The van der Waals surface area contributed by atoms with Crippen LogP contribution in [0.5, 0.6) is 0 Å². The molecule has 1 aliphatic rings. The molecule has 14 heavy (non-hydrogen) atoms. The third-order valence-corrected chi connectivity index (χ3v) is 2.31. The highest BCUT2D eigenvalue weighted by Gasteiger charge is 2.52. The van der Waals surface area contributed by atoms with Crippen molar-refractivity contribution in [2.75, 3.05) is 20.7 Å². The Kier molecular flexibility index (Phi) is 2.75. The Morgan fingerprint density at radius 3 is 2.50 bits per heavy atom. The molecule has 0 N–H and O–H groups in total. The Labute approximate surface area is 82.2 Å². The molecule has 0 aromatic carbocycles. The van der Waals surface area contributed by atoms with Crippen molar-refractivity contribution in [3.05, 3.63) is 0 Å². The van der Waals surface area contributed by atoms with Crippen molar-refractivity contribution in [3.8, 4) is 6.07 Å². The molecule has 1 aliphatic carbocycles. The van der Waals surface area contributed by atoms with Crippen LogP contribution < -0.4 is 0 Å². The van der Waals surface area contributed by atoms with Crippen LogP contribution in [0.15, 0.2) is 0 Å². The lowest BCUT2D eigenvalue weighted by molar-refractivity contribution is -0.147. The van der Waals surface area contributed by atoms with Gasteiger partial charge in [0.05, 0.1) is 13.2 Å². The summed E-state index contributed by atoms with van der Waals surface area (Å²) in [6.45, 7) is -0.0984. The summed E-state index contributed by atoms with van der Waals surface area (Å²) in [5, 5.41) is 8.75. The van der Waals surface area contributed by atoms with Gasteiger partial charge in [0.25, 0.3) is 0 Å². The lowest BCUT2D eigenvalue weighted by atomic mass is 10.1. The van der Waals surface area contributed by atoms with E-state index in [-0.39, 0.29) is 12.5 Å². The maximum atomic E-state index is 11.6. The molecule has 1 fully saturated rings. The largest absolute Gasteiger partial charge is 0.468 e. The van der Waals surface area contributed by atoms with Crippen molar-refractivity contribution in [2.45, 2.75) is 12.8 Å². The fourth-order valence-electron chi connectivity index (χ4n) is 1.19. The summed E-state index contributed by atoms with van der Waals surface area (Å²) in [6, 6.07) is 1.98. The summed E-state index contributed by atoms with van der Waals surface area (Å²) in [4.78, 5) is 23.7. The third-order valence-electron chi connectivity index (χ3n) is 2.31. The van der Waals surface area contributed by atoms with Crippen LogP contribution >= 0.6 is 0 Å². The predicted octanol–water partition coefficient (Wildman–Crippen LogP) is -0.0784. The van der Waals surface area contributed by atoms with Gasteiger partial charge in [-0.05, 0) is 12.8 Å². The van der Waals surface area contributed by atoms with Gasteiger partial charge in [-0.2, -0.15) is 5.26 Å². The van der Waals surface area contributed by atoms with Gasteiger partial charge in [0.2, 0.25) is 5.91 Å². The number of likely N-dealkylation sites (N-methyl/N-ethyl adjacent to an activating group) is 1. The fraction of sp³-hybridized carbons (Fsp3) is 0.667. The van der Waals surface area contributed by atoms with E-state index in [1.165, 1.54) is 19.1 Å². The van der Waals surface area contributed by atoms with Crippen molar-refractivity contribution >= 4 is 11.9 Å². The zero-order chi connectivity index (χ0) is 10.8. The summed E-state index contributed by atoms with van der Waals surface area (Å²) < 4.78 is 4.42. The number of nitrogens with zero attached hydrogens (tertiary/aromatic N) is 2. The molecule has 0 heterocycles. The second-order valence-corrected chi connectivity index (χ2v) is 3.43. The normalized spacial score (nSPS) is 16.6. The van der Waals surface area contributed by atoms with E-state index in [1.807, 2.05) is 6.07 Å². The number of nitriles is 1. The summed E-state index contributed by atoms with van der Waals surface area (Å²) in [6.07, 6.45) is 1.18. The predicted molar refractivity (Wildman–Crippen MR) is 46.9 cm³/mol. The molecular weight excluding hydrogens is 184 g/mol. The minimum Gasteiger partial charge on any atom is -0.468 e. The number of ether oxygens (including phenoxy) is 1. The number of carbonyl (C=O) groups excluding carboxylic acids is 2. The molecule has 1 amide bonds. The molecule has 0 unspecified atom stereocenters. The summed E-state index contributed by atoms with van der Waals surface area (Å²) in [7, 11) is 2.76. The topological polar surface area (TPSA) is 70.4 Å². The molecule has 5 nitrogen and oxygen atoms in total. The number of rotatable bonds is 3. The van der Waals surface area contributed by atoms with Gasteiger partial charge in [0, 0.05) is 7.05 Å². The van der Waals surface area contributed by atoms with E-state index in [1.54, 1.807) is 0 Å². The standard InChI is InChI=1S/C9H12N2O3/c1-11(5-7(12)14-2)8(13)9(6-10)3-4-9/h3-5H2,1-2H3. The van der Waals surface area contributed by atoms with E-state index < -0.39 is 11.4 Å².